The topological polar surface area (TPSA) is 173 Å². The van der Waals surface area contributed by atoms with Crippen molar-refractivity contribution in [2.45, 2.75) is 50.9 Å². The summed E-state index contributed by atoms with van der Waals surface area (Å²) in [5.41, 5.74) is 5.20. The molecule has 10 heteroatoms. The minimum absolute atomic E-state index is 0.0292. The standard InChI is InChI=1S/C35H37N3O7/c1-16(2)37-15-17-9-10-21(20-8-6-5-7-19(17)20)22-11-12-25(39)27-23(22)13-18-14-24-29(38(3)4)31(41)28(34(36)44)33(43)35(24,45)32(42)26(18)30(27)40/h5-12,16,18,24,29,37,39-40,43,45H,13-15H2,1-4H3,(H2,36,44)/t18?,24?,29-,35-/m0/s1. The van der Waals surface area contributed by atoms with Gasteiger partial charge in [-0.3, -0.25) is 19.3 Å². The highest BCUT2D eigenvalue weighted by molar-refractivity contribution is 6.24. The Morgan fingerprint density at radius 1 is 1.02 bits per heavy atom. The number of rotatable bonds is 6. The molecule has 0 spiro atoms. The van der Waals surface area contributed by atoms with Crippen LogP contribution in [-0.2, 0) is 27.3 Å². The third-order valence-electron chi connectivity index (χ3n) is 9.61. The number of nitrogens with zero attached hydrogens (tertiary/aromatic N) is 1. The van der Waals surface area contributed by atoms with Gasteiger partial charge in [0.2, 0.25) is 5.78 Å². The first kappa shape index (κ1) is 30.5. The van der Waals surface area contributed by atoms with E-state index in [2.05, 4.69) is 31.3 Å². The number of hydrogen-bond acceptors (Lipinski definition) is 9. The summed E-state index contributed by atoms with van der Waals surface area (Å²) in [7, 11) is 3.16. The van der Waals surface area contributed by atoms with Gasteiger partial charge >= 0.3 is 0 Å². The molecule has 4 atom stereocenters. The summed E-state index contributed by atoms with van der Waals surface area (Å²) in [4.78, 5) is 41.2. The minimum atomic E-state index is -2.67. The van der Waals surface area contributed by atoms with Crippen LogP contribution < -0.4 is 11.1 Å². The van der Waals surface area contributed by atoms with Gasteiger partial charge < -0.3 is 31.5 Å². The number of carbonyl (C=O) groups excluding carboxylic acids is 3. The summed E-state index contributed by atoms with van der Waals surface area (Å²) in [5.74, 6) is -6.72. The quantitative estimate of drug-likeness (QED) is 0.229. The number of carbonyl (C=O) groups is 3. The van der Waals surface area contributed by atoms with E-state index in [1.165, 1.54) is 11.0 Å². The van der Waals surface area contributed by atoms with Gasteiger partial charge in [0.05, 0.1) is 11.6 Å². The maximum Gasteiger partial charge on any atom is 0.255 e. The Hall–Kier alpha value is -4.51. The van der Waals surface area contributed by atoms with E-state index in [4.69, 9.17) is 5.73 Å². The van der Waals surface area contributed by atoms with E-state index in [1.807, 2.05) is 24.3 Å². The summed E-state index contributed by atoms with van der Waals surface area (Å²) in [6.45, 7) is 4.85. The third kappa shape index (κ3) is 4.47. The Morgan fingerprint density at radius 2 is 1.69 bits per heavy atom. The number of phenols is 1. The Morgan fingerprint density at radius 3 is 2.33 bits per heavy atom. The highest BCUT2D eigenvalue weighted by atomic mass is 16.3. The van der Waals surface area contributed by atoms with Crippen molar-refractivity contribution in [2.24, 2.45) is 17.6 Å². The van der Waals surface area contributed by atoms with Crippen molar-refractivity contribution < 1.29 is 34.8 Å². The van der Waals surface area contributed by atoms with Crippen molar-refractivity contribution in [3.05, 3.63) is 82.1 Å². The lowest BCUT2D eigenvalue weighted by Gasteiger charge is -2.50. The van der Waals surface area contributed by atoms with Crippen LogP contribution in [0, 0.1) is 11.8 Å². The summed E-state index contributed by atoms with van der Waals surface area (Å²) < 4.78 is 0. The van der Waals surface area contributed by atoms with Crippen LogP contribution in [0.5, 0.6) is 5.75 Å². The number of benzene rings is 3. The van der Waals surface area contributed by atoms with Crippen LogP contribution in [-0.4, -0.2) is 74.6 Å². The van der Waals surface area contributed by atoms with Crippen LogP contribution in [0.1, 0.15) is 37.0 Å². The average Bonchev–Trinajstić information content (AvgIpc) is 2.97. The fraction of sp³-hybridized carbons (Fsp3) is 0.343. The number of fused-ring (bicyclic) bond motifs is 4. The molecule has 234 valence electrons. The second-order valence-corrected chi connectivity index (χ2v) is 12.8. The molecule has 0 aliphatic heterocycles. The molecule has 1 saturated carbocycles. The zero-order chi connectivity index (χ0) is 32.5. The van der Waals surface area contributed by atoms with Gasteiger partial charge in [-0.25, -0.2) is 0 Å². The third-order valence-corrected chi connectivity index (χ3v) is 9.61. The fourth-order valence-electron chi connectivity index (χ4n) is 7.56. The van der Waals surface area contributed by atoms with Crippen molar-refractivity contribution in [1.82, 2.24) is 10.2 Å². The largest absolute Gasteiger partial charge is 0.508 e. The predicted octanol–water partition coefficient (Wildman–Crippen LogP) is 3.28. The maximum atomic E-state index is 14.1. The molecule has 3 aliphatic carbocycles. The van der Waals surface area contributed by atoms with Gasteiger partial charge in [0.1, 0.15) is 22.8 Å². The van der Waals surface area contributed by atoms with Gasteiger partial charge in [-0.1, -0.05) is 56.3 Å². The van der Waals surface area contributed by atoms with E-state index in [0.717, 1.165) is 27.5 Å². The van der Waals surface area contributed by atoms with E-state index < -0.39 is 58.0 Å². The van der Waals surface area contributed by atoms with Gasteiger partial charge in [0.15, 0.2) is 11.4 Å². The molecule has 3 aromatic rings. The number of nitrogens with two attached hydrogens (primary N) is 1. The van der Waals surface area contributed by atoms with Crippen molar-refractivity contribution in [2.75, 3.05) is 14.1 Å². The molecule has 3 aromatic carbocycles. The Balaban J connectivity index is 1.54. The number of amides is 1. The number of ketones is 2. The molecule has 0 heterocycles. The van der Waals surface area contributed by atoms with Crippen LogP contribution >= 0.6 is 0 Å². The van der Waals surface area contributed by atoms with Crippen LogP contribution in [0.15, 0.2) is 65.4 Å². The number of aliphatic hydroxyl groups is 3. The molecule has 7 N–H and O–H groups in total. The molecule has 0 radical (unpaired) electrons. The second kappa shape index (κ2) is 10.8. The van der Waals surface area contributed by atoms with Gasteiger partial charge in [0.25, 0.3) is 5.91 Å². The van der Waals surface area contributed by atoms with Crippen molar-refractivity contribution in [1.29, 1.82) is 0 Å². The zero-order valence-corrected chi connectivity index (χ0v) is 25.6. The van der Waals surface area contributed by atoms with E-state index in [-0.39, 0.29) is 29.7 Å². The van der Waals surface area contributed by atoms with E-state index in [9.17, 15) is 34.8 Å². The number of aliphatic hydroxyl groups excluding tert-OH is 2. The summed E-state index contributed by atoms with van der Waals surface area (Å²) >= 11 is 0. The number of hydrogen-bond donors (Lipinski definition) is 6. The van der Waals surface area contributed by atoms with Gasteiger partial charge in [-0.15, -0.1) is 0 Å². The molecular weight excluding hydrogens is 574 g/mol. The SMILES string of the molecule is CC(C)NCc1ccc(-c2ccc(O)c3c2CC2CC4[C@H](N(C)C)C(=O)C(C(N)=O)=C(O)[C@@]4(O)C(=O)C2=C3O)c2ccccc12. The lowest BCUT2D eigenvalue weighted by molar-refractivity contribution is -0.153. The lowest BCUT2D eigenvalue weighted by atomic mass is 9.57. The van der Waals surface area contributed by atoms with Crippen LogP contribution in [0.2, 0.25) is 0 Å². The number of nitrogens with one attached hydrogen (secondary N) is 1. The highest BCUT2D eigenvalue weighted by Gasteiger charge is 2.64. The first-order chi connectivity index (χ1) is 21.3. The molecular formula is C35H37N3O7. The Bertz CT molecular complexity index is 1860. The first-order valence-corrected chi connectivity index (χ1v) is 15.0. The van der Waals surface area contributed by atoms with Crippen molar-refractivity contribution in [3.63, 3.8) is 0 Å². The van der Waals surface area contributed by atoms with Gasteiger partial charge in [-0.2, -0.15) is 0 Å². The number of phenolic OH excluding ortho intramolecular Hbond substituents is 1. The van der Waals surface area contributed by atoms with Crippen molar-refractivity contribution >= 4 is 34.0 Å². The smallest absolute Gasteiger partial charge is 0.255 e. The average molecular weight is 612 g/mol. The molecule has 0 aromatic heterocycles. The van der Waals surface area contributed by atoms with E-state index in [0.29, 0.717) is 18.2 Å². The maximum absolute atomic E-state index is 14.1. The summed E-state index contributed by atoms with van der Waals surface area (Å²) in [6, 6.07) is 14.5. The monoisotopic (exact) mass is 611 g/mol. The van der Waals surface area contributed by atoms with Gasteiger partial charge in [0, 0.05) is 24.1 Å². The van der Waals surface area contributed by atoms with E-state index in [1.54, 1.807) is 20.2 Å². The van der Waals surface area contributed by atoms with Gasteiger partial charge in [-0.05, 0) is 71.9 Å². The molecule has 2 unspecified atom stereocenters. The van der Waals surface area contributed by atoms with Crippen LogP contribution in [0.25, 0.3) is 27.7 Å². The number of likely N-dealkylation sites (N-methyl/N-ethyl adjacent to an activating group) is 1. The minimum Gasteiger partial charge on any atom is -0.508 e. The molecule has 0 bridgehead atoms. The molecule has 45 heavy (non-hydrogen) atoms. The first-order valence-electron chi connectivity index (χ1n) is 15.0. The number of primary amides is 1. The Kier molecular flexibility index (Phi) is 7.35. The fourth-order valence-corrected chi connectivity index (χ4v) is 7.56. The molecule has 1 fully saturated rings. The molecule has 1 amide bonds. The summed E-state index contributed by atoms with van der Waals surface area (Å²) in [5, 5.41) is 51.1. The molecule has 6 rings (SSSR count). The molecule has 0 saturated heterocycles. The summed E-state index contributed by atoms with van der Waals surface area (Å²) in [6.07, 6.45) is 0.241. The van der Waals surface area contributed by atoms with Crippen molar-refractivity contribution in [3.8, 4) is 16.9 Å². The van der Waals surface area contributed by atoms with Crippen LogP contribution in [0.3, 0.4) is 0 Å². The lowest BCUT2D eigenvalue weighted by Crippen LogP contribution is -2.65. The van der Waals surface area contributed by atoms with Crippen LogP contribution in [0.4, 0.5) is 0 Å². The number of aromatic hydroxyl groups is 1. The molecule has 3 aliphatic rings. The highest BCUT2D eigenvalue weighted by Crippen LogP contribution is 2.54. The normalized spacial score (nSPS) is 24.7. The molecule has 10 nitrogen and oxygen atoms in total. The second-order valence-electron chi connectivity index (χ2n) is 12.8. The van der Waals surface area contributed by atoms with E-state index >= 15 is 0 Å². The Labute approximate surface area is 260 Å². The zero-order valence-electron chi connectivity index (χ0n) is 25.6. The number of Topliss-reactive ketones (excluding diaryl/α,β-unsaturated/α-hetero) is 2. The predicted molar refractivity (Wildman–Crippen MR) is 169 cm³/mol.